The number of aromatic nitrogens is 2. The monoisotopic (exact) mass is 301 g/mol. The van der Waals surface area contributed by atoms with Gasteiger partial charge in [0, 0.05) is 6.54 Å². The molecule has 1 aliphatic carbocycles. The van der Waals surface area contributed by atoms with Crippen LogP contribution in [0.3, 0.4) is 0 Å². The van der Waals surface area contributed by atoms with Gasteiger partial charge in [-0.25, -0.2) is 0 Å². The molecule has 0 spiro atoms. The molecule has 2 aliphatic rings. The molecule has 2 aromatic rings. The summed E-state index contributed by atoms with van der Waals surface area (Å²) in [6, 6.07) is 6.29. The maximum Gasteiger partial charge on any atom is 0.264 e. The largest absolute Gasteiger partial charge is 0.484 e. The highest BCUT2D eigenvalue weighted by Gasteiger charge is 2.21. The normalized spacial score (nSPS) is 20.8. The van der Waals surface area contributed by atoms with Gasteiger partial charge in [-0.2, -0.15) is 4.98 Å². The summed E-state index contributed by atoms with van der Waals surface area (Å²) in [7, 11) is 0. The van der Waals surface area contributed by atoms with Crippen molar-refractivity contribution in [1.29, 1.82) is 0 Å². The fourth-order valence-corrected chi connectivity index (χ4v) is 2.98. The molecule has 0 saturated carbocycles. The van der Waals surface area contributed by atoms with Crippen LogP contribution in [0.2, 0.25) is 0 Å². The van der Waals surface area contributed by atoms with E-state index >= 15 is 0 Å². The molecular formula is C16H19N3O3. The number of nitrogens with one attached hydrogen (secondary N) is 1. The van der Waals surface area contributed by atoms with E-state index < -0.39 is 0 Å². The maximum atomic E-state index is 5.77. The molecule has 6 heteroatoms. The van der Waals surface area contributed by atoms with Crippen LogP contribution in [0, 0.1) is 0 Å². The van der Waals surface area contributed by atoms with E-state index in [9.17, 15) is 0 Å². The molecule has 1 fully saturated rings. The number of morpholine rings is 1. The van der Waals surface area contributed by atoms with Crippen LogP contribution < -0.4 is 10.1 Å². The second-order valence-electron chi connectivity index (χ2n) is 5.70. The Balaban J connectivity index is 1.38. The topological polar surface area (TPSA) is 69.4 Å². The summed E-state index contributed by atoms with van der Waals surface area (Å²) in [5, 5.41) is 7.30. The predicted molar refractivity (Wildman–Crippen MR) is 78.7 cm³/mol. The van der Waals surface area contributed by atoms with Crippen molar-refractivity contribution < 1.29 is 14.0 Å². The lowest BCUT2D eigenvalue weighted by Crippen LogP contribution is -2.35. The molecule has 1 atom stereocenters. The Morgan fingerprint density at radius 1 is 1.27 bits per heavy atom. The molecule has 1 aromatic heterocycles. The quantitative estimate of drug-likeness (QED) is 0.928. The van der Waals surface area contributed by atoms with Gasteiger partial charge in [0.15, 0.2) is 12.4 Å². The van der Waals surface area contributed by atoms with Gasteiger partial charge >= 0.3 is 0 Å². The number of benzene rings is 1. The fraction of sp³-hybridized carbons (Fsp3) is 0.500. The van der Waals surface area contributed by atoms with Crippen molar-refractivity contribution in [2.24, 2.45) is 0 Å². The standard InChI is InChI=1S/C16H19N3O3/c1-2-11-4-5-13(8-12(11)3-1)21-10-15-18-16(19-22-15)14-9-20-7-6-17-14/h4-5,8,14,17H,1-3,6-7,9-10H2/t14-/m0/s1. The average molecular weight is 301 g/mol. The lowest BCUT2D eigenvalue weighted by atomic mass is 10.1. The summed E-state index contributed by atoms with van der Waals surface area (Å²) in [4.78, 5) is 4.38. The van der Waals surface area contributed by atoms with Crippen molar-refractivity contribution in [2.45, 2.75) is 31.9 Å². The number of nitrogens with zero attached hydrogens (tertiary/aromatic N) is 2. The first kappa shape index (κ1) is 13.7. The number of hydrogen-bond donors (Lipinski definition) is 1. The fourth-order valence-electron chi connectivity index (χ4n) is 2.98. The predicted octanol–water partition coefficient (Wildman–Crippen LogP) is 1.80. The molecular weight excluding hydrogens is 282 g/mol. The maximum absolute atomic E-state index is 5.77. The van der Waals surface area contributed by atoms with Gasteiger partial charge in [-0.05, 0) is 42.5 Å². The van der Waals surface area contributed by atoms with Crippen LogP contribution in [0.15, 0.2) is 22.7 Å². The lowest BCUT2D eigenvalue weighted by Gasteiger charge is -2.20. The van der Waals surface area contributed by atoms with Gasteiger partial charge in [0.2, 0.25) is 0 Å². The highest BCUT2D eigenvalue weighted by atomic mass is 16.5. The Hall–Kier alpha value is -1.92. The Labute approximate surface area is 128 Å². The second-order valence-corrected chi connectivity index (χ2v) is 5.70. The zero-order valence-electron chi connectivity index (χ0n) is 12.4. The highest BCUT2D eigenvalue weighted by molar-refractivity contribution is 5.38. The number of ether oxygens (including phenoxy) is 2. The summed E-state index contributed by atoms with van der Waals surface area (Å²) in [6.45, 7) is 2.40. The van der Waals surface area contributed by atoms with E-state index in [4.69, 9.17) is 14.0 Å². The molecule has 0 bridgehead atoms. The van der Waals surface area contributed by atoms with E-state index in [0.717, 1.165) is 25.3 Å². The summed E-state index contributed by atoms with van der Waals surface area (Å²) in [6.07, 6.45) is 3.56. The van der Waals surface area contributed by atoms with Crippen molar-refractivity contribution in [3.8, 4) is 5.75 Å². The minimum Gasteiger partial charge on any atom is -0.484 e. The Bertz CT molecular complexity index is 650. The van der Waals surface area contributed by atoms with E-state index in [1.165, 1.54) is 24.0 Å². The van der Waals surface area contributed by atoms with Crippen LogP contribution in [0.1, 0.15) is 35.3 Å². The van der Waals surface area contributed by atoms with Crippen molar-refractivity contribution in [1.82, 2.24) is 15.5 Å². The summed E-state index contributed by atoms with van der Waals surface area (Å²) in [5.41, 5.74) is 2.84. The van der Waals surface area contributed by atoms with Crippen LogP contribution >= 0.6 is 0 Å². The first-order valence-corrected chi connectivity index (χ1v) is 7.77. The minimum absolute atomic E-state index is 0.00578. The Morgan fingerprint density at radius 3 is 3.14 bits per heavy atom. The zero-order chi connectivity index (χ0) is 14.8. The van der Waals surface area contributed by atoms with Gasteiger partial charge in [-0.1, -0.05) is 11.2 Å². The van der Waals surface area contributed by atoms with E-state index in [1.807, 2.05) is 6.07 Å². The van der Waals surface area contributed by atoms with Gasteiger partial charge < -0.3 is 19.3 Å². The zero-order valence-corrected chi connectivity index (χ0v) is 12.4. The lowest BCUT2D eigenvalue weighted by molar-refractivity contribution is 0.0734. The van der Waals surface area contributed by atoms with Crippen molar-refractivity contribution >= 4 is 0 Å². The van der Waals surface area contributed by atoms with Gasteiger partial charge in [-0.3, -0.25) is 0 Å². The Kier molecular flexibility index (Phi) is 3.78. The molecule has 4 rings (SSSR count). The third-order valence-electron chi connectivity index (χ3n) is 4.15. The van der Waals surface area contributed by atoms with Crippen LogP contribution in [0.4, 0.5) is 0 Å². The van der Waals surface area contributed by atoms with Crippen LogP contribution in [0.25, 0.3) is 0 Å². The van der Waals surface area contributed by atoms with E-state index in [0.29, 0.717) is 24.9 Å². The molecule has 1 aromatic carbocycles. The molecule has 2 heterocycles. The van der Waals surface area contributed by atoms with Gasteiger partial charge in [0.05, 0.1) is 19.3 Å². The van der Waals surface area contributed by atoms with Gasteiger partial charge in [-0.15, -0.1) is 0 Å². The average Bonchev–Trinajstić information content (AvgIpc) is 3.22. The van der Waals surface area contributed by atoms with Crippen LogP contribution in [0.5, 0.6) is 5.75 Å². The molecule has 0 unspecified atom stereocenters. The molecule has 0 radical (unpaired) electrons. The van der Waals surface area contributed by atoms with E-state index in [-0.39, 0.29) is 6.04 Å². The number of aryl methyl sites for hydroxylation is 2. The minimum atomic E-state index is 0.00578. The van der Waals surface area contributed by atoms with Crippen molar-refractivity contribution in [3.63, 3.8) is 0 Å². The second kappa shape index (κ2) is 6.06. The van der Waals surface area contributed by atoms with Crippen molar-refractivity contribution in [3.05, 3.63) is 41.0 Å². The van der Waals surface area contributed by atoms with Gasteiger partial charge in [0.25, 0.3) is 5.89 Å². The molecule has 116 valence electrons. The van der Waals surface area contributed by atoms with Crippen LogP contribution in [-0.2, 0) is 24.2 Å². The first-order chi connectivity index (χ1) is 10.9. The molecule has 6 nitrogen and oxygen atoms in total. The van der Waals surface area contributed by atoms with Gasteiger partial charge in [0.1, 0.15) is 5.75 Å². The molecule has 22 heavy (non-hydrogen) atoms. The third-order valence-corrected chi connectivity index (χ3v) is 4.15. The molecule has 1 aliphatic heterocycles. The summed E-state index contributed by atoms with van der Waals surface area (Å²) < 4.78 is 16.4. The van der Waals surface area contributed by atoms with E-state index in [2.05, 4.69) is 27.6 Å². The Morgan fingerprint density at radius 2 is 2.23 bits per heavy atom. The molecule has 1 N–H and O–H groups in total. The first-order valence-electron chi connectivity index (χ1n) is 7.77. The number of fused-ring (bicyclic) bond motifs is 1. The SMILES string of the molecule is c1cc2c(cc1OCc1nc([C@@H]3COCCN3)no1)CCC2. The smallest absolute Gasteiger partial charge is 0.264 e. The molecule has 1 saturated heterocycles. The van der Waals surface area contributed by atoms with E-state index in [1.54, 1.807) is 0 Å². The third kappa shape index (κ3) is 2.84. The highest BCUT2D eigenvalue weighted by Crippen LogP contribution is 2.26. The summed E-state index contributed by atoms with van der Waals surface area (Å²) >= 11 is 0. The molecule has 0 amide bonds. The van der Waals surface area contributed by atoms with Crippen LogP contribution in [-0.4, -0.2) is 29.9 Å². The number of hydrogen-bond acceptors (Lipinski definition) is 6. The number of rotatable bonds is 4. The summed E-state index contributed by atoms with van der Waals surface area (Å²) in [5.74, 6) is 1.98. The van der Waals surface area contributed by atoms with Crippen molar-refractivity contribution in [2.75, 3.05) is 19.8 Å².